The quantitative estimate of drug-likeness (QED) is 0.652. The summed E-state index contributed by atoms with van der Waals surface area (Å²) >= 11 is 0. The Morgan fingerprint density at radius 1 is 1.00 bits per heavy atom. The van der Waals surface area contributed by atoms with Gasteiger partial charge in [0.25, 0.3) is 0 Å². The fourth-order valence-corrected chi connectivity index (χ4v) is 1.98. The second kappa shape index (κ2) is 3.75. The summed E-state index contributed by atoms with van der Waals surface area (Å²) in [6.07, 6.45) is 0.333. The fourth-order valence-electron chi connectivity index (χ4n) is 1.98. The average Bonchev–Trinajstić information content (AvgIpc) is 2.08. The van der Waals surface area contributed by atoms with E-state index >= 15 is 0 Å². The molecule has 0 aromatic carbocycles. The van der Waals surface area contributed by atoms with Crippen molar-refractivity contribution in [2.45, 2.75) is 39.9 Å². The maximum Gasteiger partial charge on any atom is 0.0837 e. The van der Waals surface area contributed by atoms with E-state index in [2.05, 4.69) is 27.7 Å². The smallest absolute Gasteiger partial charge is 0.0837 e. The third kappa shape index (κ3) is 1.64. The monoisotopic (exact) mass is 172 g/mol. The molecule has 1 saturated heterocycles. The largest absolute Gasteiger partial charge is 0.394 e. The summed E-state index contributed by atoms with van der Waals surface area (Å²) in [4.78, 5) is 0. The van der Waals surface area contributed by atoms with Crippen LogP contribution in [0.15, 0.2) is 0 Å². The van der Waals surface area contributed by atoms with E-state index in [1.54, 1.807) is 0 Å². The van der Waals surface area contributed by atoms with Crippen molar-refractivity contribution >= 4 is 0 Å². The van der Waals surface area contributed by atoms with E-state index in [9.17, 15) is 0 Å². The predicted molar refractivity (Wildman–Crippen MR) is 48.9 cm³/mol. The Hall–Kier alpha value is -0.0800. The van der Waals surface area contributed by atoms with Crippen LogP contribution in [0, 0.1) is 17.8 Å². The summed E-state index contributed by atoms with van der Waals surface area (Å²) in [6.45, 7) is 8.88. The van der Waals surface area contributed by atoms with Gasteiger partial charge in [0.15, 0.2) is 0 Å². The highest BCUT2D eigenvalue weighted by atomic mass is 16.5. The molecule has 1 aliphatic heterocycles. The van der Waals surface area contributed by atoms with Gasteiger partial charge in [-0.3, -0.25) is 0 Å². The van der Waals surface area contributed by atoms with Crippen LogP contribution >= 0.6 is 0 Å². The first kappa shape index (κ1) is 10.0. The number of aliphatic hydroxyl groups excluding tert-OH is 1. The van der Waals surface area contributed by atoms with Gasteiger partial charge in [-0.15, -0.1) is 0 Å². The molecule has 1 heterocycles. The van der Waals surface area contributed by atoms with Crippen molar-refractivity contribution < 1.29 is 9.84 Å². The van der Waals surface area contributed by atoms with E-state index in [1.807, 2.05) is 0 Å². The molecule has 0 saturated carbocycles. The van der Waals surface area contributed by atoms with Gasteiger partial charge < -0.3 is 9.84 Å². The second-order valence-corrected chi connectivity index (χ2v) is 4.14. The molecule has 0 aliphatic carbocycles. The van der Waals surface area contributed by atoms with Crippen molar-refractivity contribution in [3.8, 4) is 0 Å². The molecule has 0 radical (unpaired) electrons. The van der Waals surface area contributed by atoms with E-state index < -0.39 is 0 Å². The lowest BCUT2D eigenvalue weighted by atomic mass is 9.77. The lowest BCUT2D eigenvalue weighted by Crippen LogP contribution is -2.44. The Balaban J connectivity index is 2.63. The molecule has 2 nitrogen and oxygen atoms in total. The Morgan fingerprint density at radius 2 is 1.58 bits per heavy atom. The summed E-state index contributed by atoms with van der Waals surface area (Å²) in [5, 5.41) is 9.06. The van der Waals surface area contributed by atoms with Crippen molar-refractivity contribution in [1.29, 1.82) is 0 Å². The minimum absolute atomic E-state index is 0.0474. The van der Waals surface area contributed by atoms with Crippen LogP contribution in [0.4, 0.5) is 0 Å². The molecule has 0 amide bonds. The van der Waals surface area contributed by atoms with Gasteiger partial charge in [0, 0.05) is 0 Å². The molecule has 0 bridgehead atoms. The molecule has 0 unspecified atom stereocenters. The highest BCUT2D eigenvalue weighted by Gasteiger charge is 2.36. The molecular weight excluding hydrogens is 152 g/mol. The number of rotatable bonds is 1. The molecule has 1 aliphatic rings. The first-order valence-corrected chi connectivity index (χ1v) is 4.84. The van der Waals surface area contributed by atoms with Crippen LogP contribution in [0.25, 0.3) is 0 Å². The first-order valence-electron chi connectivity index (χ1n) is 4.84. The summed E-state index contributed by atoms with van der Waals surface area (Å²) < 4.78 is 5.68. The Bertz CT molecular complexity index is 142. The molecule has 5 atom stereocenters. The van der Waals surface area contributed by atoms with Gasteiger partial charge in [-0.05, 0) is 24.7 Å². The predicted octanol–water partition coefficient (Wildman–Crippen LogP) is 1.67. The number of ether oxygens (including phenoxy) is 1. The molecule has 0 spiro atoms. The zero-order chi connectivity index (χ0) is 9.30. The molecule has 72 valence electrons. The third-order valence-electron chi connectivity index (χ3n) is 3.55. The summed E-state index contributed by atoms with van der Waals surface area (Å²) in [7, 11) is 0. The maximum absolute atomic E-state index is 9.06. The van der Waals surface area contributed by atoms with Gasteiger partial charge in [0.2, 0.25) is 0 Å². The van der Waals surface area contributed by atoms with Gasteiger partial charge in [-0.1, -0.05) is 20.8 Å². The van der Waals surface area contributed by atoms with Crippen molar-refractivity contribution in [1.82, 2.24) is 0 Å². The Morgan fingerprint density at radius 3 is 2.08 bits per heavy atom. The van der Waals surface area contributed by atoms with Crippen LogP contribution < -0.4 is 0 Å². The molecule has 1 fully saturated rings. The average molecular weight is 172 g/mol. The standard InChI is InChI=1S/C10H20O2/c1-6-7(2)9(4)12-10(5-11)8(6)3/h6-11H,5H2,1-4H3/t6-,7-,8-,9+,10+/m0/s1. The first-order chi connectivity index (χ1) is 5.57. The van der Waals surface area contributed by atoms with Crippen molar-refractivity contribution in [2.24, 2.45) is 17.8 Å². The van der Waals surface area contributed by atoms with Gasteiger partial charge in [-0.25, -0.2) is 0 Å². The molecule has 12 heavy (non-hydrogen) atoms. The van der Waals surface area contributed by atoms with Crippen LogP contribution in [-0.4, -0.2) is 23.9 Å². The highest BCUT2D eigenvalue weighted by Crippen LogP contribution is 2.34. The van der Waals surface area contributed by atoms with Crippen molar-refractivity contribution in [2.75, 3.05) is 6.61 Å². The van der Waals surface area contributed by atoms with Crippen LogP contribution in [-0.2, 0) is 4.74 Å². The number of aliphatic hydroxyl groups is 1. The van der Waals surface area contributed by atoms with Gasteiger partial charge in [0.05, 0.1) is 18.8 Å². The molecule has 1 rings (SSSR count). The lowest BCUT2D eigenvalue weighted by Gasteiger charge is -2.41. The molecule has 2 heteroatoms. The normalized spacial score (nSPS) is 49.2. The van der Waals surface area contributed by atoms with Crippen molar-refractivity contribution in [3.63, 3.8) is 0 Å². The zero-order valence-corrected chi connectivity index (χ0v) is 8.45. The minimum Gasteiger partial charge on any atom is -0.394 e. The number of hydrogen-bond acceptors (Lipinski definition) is 2. The van der Waals surface area contributed by atoms with Gasteiger partial charge >= 0.3 is 0 Å². The summed E-state index contributed by atoms with van der Waals surface area (Å²) in [5.74, 6) is 1.72. The third-order valence-corrected chi connectivity index (χ3v) is 3.55. The Kier molecular flexibility index (Phi) is 3.13. The van der Waals surface area contributed by atoms with Gasteiger partial charge in [-0.2, -0.15) is 0 Å². The maximum atomic E-state index is 9.06. The SMILES string of the molecule is C[C@H]1[C@H](C)[C@@H](C)O[C@H](CO)[C@H]1C. The molecule has 0 aromatic rings. The molecule has 0 aromatic heterocycles. The molecule has 1 N–H and O–H groups in total. The lowest BCUT2D eigenvalue weighted by molar-refractivity contribution is -0.140. The summed E-state index contributed by atoms with van der Waals surface area (Å²) in [5.41, 5.74) is 0. The fraction of sp³-hybridized carbons (Fsp3) is 1.00. The second-order valence-electron chi connectivity index (χ2n) is 4.14. The van der Waals surface area contributed by atoms with Crippen LogP contribution in [0.3, 0.4) is 0 Å². The van der Waals surface area contributed by atoms with Crippen LogP contribution in [0.5, 0.6) is 0 Å². The topological polar surface area (TPSA) is 29.5 Å². The highest BCUT2D eigenvalue weighted by molar-refractivity contribution is 4.83. The van der Waals surface area contributed by atoms with E-state index in [0.29, 0.717) is 17.8 Å². The van der Waals surface area contributed by atoms with Crippen LogP contribution in [0.2, 0.25) is 0 Å². The molecular formula is C10H20O2. The Labute approximate surface area is 74.9 Å². The van der Waals surface area contributed by atoms with E-state index in [0.717, 1.165) is 0 Å². The minimum atomic E-state index is 0.0474. The van der Waals surface area contributed by atoms with Crippen molar-refractivity contribution in [3.05, 3.63) is 0 Å². The van der Waals surface area contributed by atoms with E-state index in [1.165, 1.54) is 0 Å². The number of hydrogen-bond donors (Lipinski definition) is 1. The van der Waals surface area contributed by atoms with Gasteiger partial charge in [0.1, 0.15) is 0 Å². The zero-order valence-electron chi connectivity index (χ0n) is 8.45. The van der Waals surface area contributed by atoms with E-state index in [-0.39, 0.29) is 18.8 Å². The summed E-state index contributed by atoms with van der Waals surface area (Å²) in [6, 6.07) is 0. The van der Waals surface area contributed by atoms with E-state index in [4.69, 9.17) is 9.84 Å². The van der Waals surface area contributed by atoms with Crippen LogP contribution in [0.1, 0.15) is 27.7 Å².